The number of nitrogens with zero attached hydrogens (tertiary/aromatic N) is 5. The van der Waals surface area contributed by atoms with Crippen LogP contribution in [0.5, 0.6) is 0 Å². The second-order valence-electron chi connectivity index (χ2n) is 14.5. The van der Waals surface area contributed by atoms with Gasteiger partial charge in [0, 0.05) is 54.4 Å². The van der Waals surface area contributed by atoms with E-state index in [1.165, 1.54) is 0 Å². The average molecular weight is 756 g/mol. The Hall–Kier alpha value is -8.57. The topological polar surface area (TPSA) is 108 Å². The van der Waals surface area contributed by atoms with Gasteiger partial charge in [-0.3, -0.25) is 0 Å². The van der Waals surface area contributed by atoms with Crippen LogP contribution in [0.1, 0.15) is 34.9 Å². The van der Waals surface area contributed by atoms with Crippen LogP contribution < -0.4 is 0 Å². The standard InChI is InChI=1S/C52H29N5O2/c1-3-11-46-32(4-2)40-24-22-38-33-12-5-8-15-43(33)56(49(38)51(40)58-46)45-26-30(27-53)18-20-35(45)37-21-19-31(28-54)42(29-55)48(37)57-44-16-9-6-13-34(44)39-23-25-41-36-14-7-10-17-47(36)59-52(41)50(39)57/h3-26H,2H2,1H3/b11-3-. The van der Waals surface area contributed by atoms with Gasteiger partial charge in [0.2, 0.25) is 0 Å². The van der Waals surface area contributed by atoms with E-state index < -0.39 is 0 Å². The van der Waals surface area contributed by atoms with E-state index in [1.54, 1.807) is 12.1 Å². The molecule has 7 nitrogen and oxygen atoms in total. The van der Waals surface area contributed by atoms with Crippen LogP contribution >= 0.6 is 0 Å². The summed E-state index contributed by atoms with van der Waals surface area (Å²) in [5.74, 6) is 0.698. The highest BCUT2D eigenvalue weighted by Gasteiger charge is 2.27. The molecule has 274 valence electrons. The number of para-hydroxylation sites is 3. The van der Waals surface area contributed by atoms with Gasteiger partial charge in [-0.15, -0.1) is 0 Å². The number of allylic oxidation sites excluding steroid dienone is 1. The third-order valence-electron chi connectivity index (χ3n) is 11.6. The lowest BCUT2D eigenvalue weighted by atomic mass is 9.94. The second kappa shape index (κ2) is 12.7. The first-order chi connectivity index (χ1) is 29.1. The van der Waals surface area contributed by atoms with Gasteiger partial charge in [0.1, 0.15) is 23.5 Å². The largest absolute Gasteiger partial charge is 0.454 e. The van der Waals surface area contributed by atoms with E-state index in [0.29, 0.717) is 39.4 Å². The third kappa shape index (κ3) is 4.60. The summed E-state index contributed by atoms with van der Waals surface area (Å²) in [6, 6.07) is 49.0. The van der Waals surface area contributed by atoms with Gasteiger partial charge < -0.3 is 18.0 Å². The van der Waals surface area contributed by atoms with E-state index in [4.69, 9.17) is 8.83 Å². The summed E-state index contributed by atoms with van der Waals surface area (Å²) in [6.07, 6.45) is 5.70. The van der Waals surface area contributed by atoms with Gasteiger partial charge in [0.25, 0.3) is 0 Å². The molecule has 0 amide bonds. The predicted octanol–water partition coefficient (Wildman–Crippen LogP) is 13.5. The number of aromatic nitrogens is 2. The molecule has 0 spiro atoms. The van der Waals surface area contributed by atoms with E-state index in [9.17, 15) is 15.8 Å². The van der Waals surface area contributed by atoms with Gasteiger partial charge in [-0.2, -0.15) is 15.8 Å². The fourth-order valence-corrected chi connectivity index (χ4v) is 9.10. The van der Waals surface area contributed by atoms with Crippen LogP contribution in [0, 0.1) is 34.0 Å². The number of rotatable bonds is 5. The summed E-state index contributed by atoms with van der Waals surface area (Å²) >= 11 is 0. The summed E-state index contributed by atoms with van der Waals surface area (Å²) in [5.41, 5.74) is 9.96. The van der Waals surface area contributed by atoms with Gasteiger partial charge in [-0.25, -0.2) is 0 Å². The van der Waals surface area contributed by atoms with Crippen LogP contribution in [-0.2, 0) is 0 Å². The van der Waals surface area contributed by atoms with Crippen molar-refractivity contribution in [3.8, 4) is 40.7 Å². The van der Waals surface area contributed by atoms with Crippen molar-refractivity contribution < 1.29 is 8.83 Å². The zero-order valence-electron chi connectivity index (χ0n) is 31.6. The zero-order valence-corrected chi connectivity index (χ0v) is 31.6. The fraction of sp³-hybridized carbons (Fsp3) is 0.0192. The van der Waals surface area contributed by atoms with Gasteiger partial charge in [0.05, 0.1) is 56.2 Å². The van der Waals surface area contributed by atoms with Crippen molar-refractivity contribution in [3.63, 3.8) is 0 Å². The molecule has 4 aromatic heterocycles. The van der Waals surface area contributed by atoms with Crippen LogP contribution in [0.3, 0.4) is 0 Å². The summed E-state index contributed by atoms with van der Waals surface area (Å²) in [6.45, 7) is 6.07. The Labute approximate surface area is 337 Å². The van der Waals surface area contributed by atoms with Gasteiger partial charge in [-0.05, 0) is 61.5 Å². The molecule has 59 heavy (non-hydrogen) atoms. The lowest BCUT2D eigenvalue weighted by Crippen LogP contribution is -2.05. The van der Waals surface area contributed by atoms with Gasteiger partial charge >= 0.3 is 0 Å². The minimum atomic E-state index is 0.221. The van der Waals surface area contributed by atoms with Crippen molar-refractivity contribution >= 4 is 88.7 Å². The smallest absolute Gasteiger partial charge is 0.160 e. The summed E-state index contributed by atoms with van der Waals surface area (Å²) in [5, 5.41) is 38.8. The number of nitriles is 3. The normalized spacial score (nSPS) is 11.8. The molecule has 0 fully saturated rings. The van der Waals surface area contributed by atoms with E-state index in [-0.39, 0.29) is 11.1 Å². The van der Waals surface area contributed by atoms with Crippen LogP contribution in [0.2, 0.25) is 0 Å². The molecule has 0 atom stereocenters. The summed E-state index contributed by atoms with van der Waals surface area (Å²) in [7, 11) is 0. The summed E-state index contributed by atoms with van der Waals surface area (Å²) < 4.78 is 17.7. The Bertz CT molecular complexity index is 3810. The van der Waals surface area contributed by atoms with Crippen molar-refractivity contribution in [2.75, 3.05) is 0 Å². The molecule has 0 bridgehead atoms. The minimum Gasteiger partial charge on any atom is -0.454 e. The Morgan fingerprint density at radius 1 is 0.576 bits per heavy atom. The van der Waals surface area contributed by atoms with Crippen molar-refractivity contribution in [2.45, 2.75) is 6.92 Å². The number of benzene rings is 7. The maximum atomic E-state index is 11.1. The first-order valence-corrected chi connectivity index (χ1v) is 19.2. The molecule has 7 aromatic carbocycles. The Balaban J connectivity index is 1.33. The molecule has 11 aromatic rings. The number of fused-ring (bicyclic) bond motifs is 12. The van der Waals surface area contributed by atoms with Crippen LogP contribution in [-0.4, -0.2) is 9.13 Å². The highest BCUT2D eigenvalue weighted by molar-refractivity contribution is 6.22. The highest BCUT2D eigenvalue weighted by Crippen LogP contribution is 2.46. The monoisotopic (exact) mass is 755 g/mol. The molecular formula is C52H29N5O2. The maximum Gasteiger partial charge on any atom is 0.160 e. The van der Waals surface area contributed by atoms with E-state index in [0.717, 1.165) is 76.5 Å². The molecule has 0 unspecified atom stereocenters. The molecular weight excluding hydrogens is 727 g/mol. The maximum absolute atomic E-state index is 11.1. The average Bonchev–Trinajstić information content (AvgIpc) is 4.03. The number of hydrogen-bond donors (Lipinski definition) is 0. The van der Waals surface area contributed by atoms with E-state index >= 15 is 0 Å². The second-order valence-corrected chi connectivity index (χ2v) is 14.5. The lowest BCUT2D eigenvalue weighted by Gasteiger charge is -2.20. The Morgan fingerprint density at radius 3 is 1.90 bits per heavy atom. The van der Waals surface area contributed by atoms with Crippen molar-refractivity contribution in [2.24, 2.45) is 0 Å². The Morgan fingerprint density at radius 2 is 1.20 bits per heavy atom. The lowest BCUT2D eigenvalue weighted by molar-refractivity contribution is 0.605. The third-order valence-corrected chi connectivity index (χ3v) is 11.6. The quantitative estimate of drug-likeness (QED) is 0.174. The first kappa shape index (κ1) is 33.7. The molecule has 0 saturated carbocycles. The van der Waals surface area contributed by atoms with Crippen LogP contribution in [0.4, 0.5) is 0 Å². The molecule has 0 aliphatic rings. The van der Waals surface area contributed by atoms with Crippen LogP contribution in [0.15, 0.2) is 149 Å². The molecule has 11 rings (SSSR count). The van der Waals surface area contributed by atoms with E-state index in [2.05, 4.69) is 76.4 Å². The molecule has 0 radical (unpaired) electrons. The molecule has 0 saturated heterocycles. The molecule has 4 heterocycles. The highest BCUT2D eigenvalue weighted by atomic mass is 16.3. The van der Waals surface area contributed by atoms with Gasteiger partial charge in [0.15, 0.2) is 11.2 Å². The fourth-order valence-electron chi connectivity index (χ4n) is 9.10. The molecule has 0 aliphatic carbocycles. The van der Waals surface area contributed by atoms with Crippen molar-refractivity contribution in [1.82, 2.24) is 9.13 Å². The van der Waals surface area contributed by atoms with Crippen LogP contribution in [0.25, 0.3) is 111 Å². The molecule has 7 heteroatoms. The predicted molar refractivity (Wildman–Crippen MR) is 237 cm³/mol. The minimum absolute atomic E-state index is 0.221. The molecule has 0 aliphatic heterocycles. The SMILES string of the molecule is C=Cc1c(/C=C\C)oc2c1ccc1c3ccccc3n(-c3cc(C#N)ccc3-c3ccc(C#N)c(C#N)c3-n3c4ccccc4c4ccc5c6ccccc6oc5c43)c12. The summed E-state index contributed by atoms with van der Waals surface area (Å²) in [4.78, 5) is 0. The Kier molecular flexibility index (Phi) is 7.28. The molecule has 0 N–H and O–H groups in total. The zero-order chi connectivity index (χ0) is 39.9. The number of hydrogen-bond acceptors (Lipinski definition) is 5. The van der Waals surface area contributed by atoms with Gasteiger partial charge in [-0.1, -0.05) is 97.6 Å². The van der Waals surface area contributed by atoms with Crippen molar-refractivity contribution in [3.05, 3.63) is 168 Å². The number of furan rings is 2. The first-order valence-electron chi connectivity index (χ1n) is 19.2. The van der Waals surface area contributed by atoms with E-state index in [1.807, 2.05) is 97.9 Å². The van der Waals surface area contributed by atoms with Crippen molar-refractivity contribution in [1.29, 1.82) is 15.8 Å².